The van der Waals surface area contributed by atoms with E-state index in [1.54, 1.807) is 0 Å². The molecule has 1 radical (unpaired) electrons. The molecule has 0 fully saturated rings. The van der Waals surface area contributed by atoms with Gasteiger partial charge in [-0.05, 0) is 27.2 Å². The number of hydrogen-bond donors (Lipinski definition) is 0. The van der Waals surface area contributed by atoms with Crippen molar-refractivity contribution < 1.29 is 13.3 Å². The zero-order valence-electron chi connectivity index (χ0n) is 15.3. The van der Waals surface area contributed by atoms with Crippen LogP contribution in [-0.2, 0) is 13.3 Å². The fourth-order valence-corrected chi connectivity index (χ4v) is 5.44. The maximum Gasteiger partial charge on any atom is 0.500 e. The van der Waals surface area contributed by atoms with Crippen molar-refractivity contribution in [1.29, 1.82) is 0 Å². The molecular weight excluding hydrogens is 292 g/mol. The normalized spacial score (nSPS) is 12.0. The molecule has 0 saturated carbocycles. The Bertz CT molecular complexity index is 207. The maximum absolute atomic E-state index is 5.88. The van der Waals surface area contributed by atoms with E-state index in [0.717, 1.165) is 18.9 Å². The summed E-state index contributed by atoms with van der Waals surface area (Å²) in [6.07, 6.45) is 13.0. The lowest BCUT2D eigenvalue weighted by molar-refractivity contribution is 0.0706. The van der Waals surface area contributed by atoms with Crippen molar-refractivity contribution in [2.45, 2.75) is 91.0 Å². The highest BCUT2D eigenvalue weighted by Crippen LogP contribution is 2.20. The first kappa shape index (κ1) is 22.1. The second-order valence-corrected chi connectivity index (χ2v) is 8.50. The van der Waals surface area contributed by atoms with Crippen molar-refractivity contribution in [2.24, 2.45) is 0 Å². The van der Waals surface area contributed by atoms with Gasteiger partial charge in [0.15, 0.2) is 0 Å². The van der Waals surface area contributed by atoms with Crippen molar-refractivity contribution in [1.82, 2.24) is 0 Å². The third-order valence-electron chi connectivity index (χ3n) is 3.83. The molecule has 3 nitrogen and oxygen atoms in total. The molecule has 0 aliphatic rings. The van der Waals surface area contributed by atoms with Gasteiger partial charge >= 0.3 is 8.80 Å². The highest BCUT2D eigenvalue weighted by Gasteiger charge is 2.39. The molecule has 0 aliphatic carbocycles. The van der Waals surface area contributed by atoms with Crippen LogP contribution in [0.1, 0.15) is 85.0 Å². The smallest absolute Gasteiger partial charge is 0.374 e. The van der Waals surface area contributed by atoms with Gasteiger partial charge < -0.3 is 13.3 Å². The van der Waals surface area contributed by atoms with Crippen LogP contribution < -0.4 is 0 Å². The molecule has 0 amide bonds. The van der Waals surface area contributed by atoms with Gasteiger partial charge in [-0.25, -0.2) is 0 Å². The lowest BCUT2D eigenvalue weighted by Crippen LogP contribution is -2.45. The third-order valence-corrected chi connectivity index (χ3v) is 6.98. The van der Waals surface area contributed by atoms with Gasteiger partial charge in [0.05, 0.1) is 0 Å². The lowest BCUT2D eigenvalue weighted by Gasteiger charge is -2.28. The second-order valence-electron chi connectivity index (χ2n) is 5.77. The van der Waals surface area contributed by atoms with Crippen molar-refractivity contribution in [3.05, 3.63) is 6.92 Å². The minimum Gasteiger partial charge on any atom is -0.374 e. The molecule has 0 heterocycles. The molecular formula is C18H39O3Si. The Labute approximate surface area is 140 Å². The van der Waals surface area contributed by atoms with E-state index in [1.807, 2.05) is 20.8 Å². The number of unbranched alkanes of at least 4 members (excludes halogenated alkanes) is 9. The van der Waals surface area contributed by atoms with Crippen molar-refractivity contribution in [3.8, 4) is 0 Å². The second kappa shape index (κ2) is 16.0. The van der Waals surface area contributed by atoms with Crippen molar-refractivity contribution in [2.75, 3.05) is 19.8 Å². The standard InChI is InChI=1S/C18H39O3Si/c1-5-9-10-11-12-13-14-15-16-17-18-22(19-6-2,20-7-3)21-8-4/h1,5-18H2,2-4H3. The van der Waals surface area contributed by atoms with Crippen molar-refractivity contribution >= 4 is 8.80 Å². The molecule has 0 unspecified atom stereocenters. The Morgan fingerprint density at radius 1 is 0.591 bits per heavy atom. The molecule has 0 aromatic rings. The van der Waals surface area contributed by atoms with Gasteiger partial charge in [-0.2, -0.15) is 0 Å². The van der Waals surface area contributed by atoms with Crippen LogP contribution in [0.25, 0.3) is 0 Å². The first-order chi connectivity index (χ1) is 10.7. The molecule has 22 heavy (non-hydrogen) atoms. The third kappa shape index (κ3) is 11.6. The minimum atomic E-state index is -2.39. The van der Waals surface area contributed by atoms with Gasteiger partial charge in [0.1, 0.15) is 0 Å². The molecule has 133 valence electrons. The Morgan fingerprint density at radius 3 is 1.32 bits per heavy atom. The van der Waals surface area contributed by atoms with Crippen LogP contribution in [0.2, 0.25) is 6.04 Å². The van der Waals surface area contributed by atoms with E-state index in [0.29, 0.717) is 19.8 Å². The van der Waals surface area contributed by atoms with Crippen LogP contribution in [0.5, 0.6) is 0 Å². The average Bonchev–Trinajstić information content (AvgIpc) is 2.50. The molecule has 0 aliphatic heterocycles. The molecule has 0 N–H and O–H groups in total. The molecule has 0 rings (SSSR count). The monoisotopic (exact) mass is 331 g/mol. The summed E-state index contributed by atoms with van der Waals surface area (Å²) in [4.78, 5) is 0. The van der Waals surface area contributed by atoms with Gasteiger partial charge in [0, 0.05) is 25.9 Å². The van der Waals surface area contributed by atoms with Gasteiger partial charge in [-0.3, -0.25) is 0 Å². The average molecular weight is 332 g/mol. The van der Waals surface area contributed by atoms with E-state index in [9.17, 15) is 0 Å². The fourth-order valence-electron chi connectivity index (χ4n) is 2.76. The molecule has 0 spiro atoms. The summed E-state index contributed by atoms with van der Waals surface area (Å²) in [6, 6.07) is 0.964. The summed E-state index contributed by atoms with van der Waals surface area (Å²) in [6.45, 7) is 12.0. The first-order valence-electron chi connectivity index (χ1n) is 9.45. The summed E-state index contributed by atoms with van der Waals surface area (Å²) in [5, 5.41) is 0. The molecule has 4 heteroatoms. The summed E-state index contributed by atoms with van der Waals surface area (Å²) in [5.41, 5.74) is 0. The fraction of sp³-hybridized carbons (Fsp3) is 0.944. The van der Waals surface area contributed by atoms with E-state index in [4.69, 9.17) is 13.3 Å². The van der Waals surface area contributed by atoms with E-state index in [-0.39, 0.29) is 0 Å². The predicted molar refractivity (Wildman–Crippen MR) is 97.0 cm³/mol. The summed E-state index contributed by atoms with van der Waals surface area (Å²) < 4.78 is 17.6. The molecule has 0 aromatic carbocycles. The van der Waals surface area contributed by atoms with E-state index < -0.39 is 8.80 Å². The van der Waals surface area contributed by atoms with Crippen LogP contribution in [0.4, 0.5) is 0 Å². The first-order valence-corrected chi connectivity index (χ1v) is 11.4. The number of hydrogen-bond acceptors (Lipinski definition) is 3. The Hall–Kier alpha value is 0.0969. The van der Waals surface area contributed by atoms with Crippen LogP contribution in [0, 0.1) is 6.92 Å². The van der Waals surface area contributed by atoms with Crippen molar-refractivity contribution in [3.63, 3.8) is 0 Å². The summed E-state index contributed by atoms with van der Waals surface area (Å²) >= 11 is 0. The van der Waals surface area contributed by atoms with Crippen LogP contribution in [0.3, 0.4) is 0 Å². The molecule has 0 bridgehead atoms. The largest absolute Gasteiger partial charge is 0.500 e. The highest BCUT2D eigenvalue weighted by atomic mass is 28.4. The van der Waals surface area contributed by atoms with E-state index in [2.05, 4.69) is 6.92 Å². The Kier molecular flexibility index (Phi) is 16.0. The SMILES string of the molecule is [CH2]CCCCCCCCCCC[Si](OCC)(OCC)OCC. The Balaban J connectivity index is 3.70. The van der Waals surface area contributed by atoms with Crippen LogP contribution >= 0.6 is 0 Å². The maximum atomic E-state index is 5.88. The van der Waals surface area contributed by atoms with E-state index >= 15 is 0 Å². The zero-order chi connectivity index (χ0) is 16.5. The predicted octanol–water partition coefficient (Wildman–Crippen LogP) is 5.77. The van der Waals surface area contributed by atoms with Crippen LogP contribution in [0.15, 0.2) is 0 Å². The zero-order valence-corrected chi connectivity index (χ0v) is 16.3. The van der Waals surface area contributed by atoms with Gasteiger partial charge in [0.25, 0.3) is 0 Å². The topological polar surface area (TPSA) is 27.7 Å². The van der Waals surface area contributed by atoms with Gasteiger partial charge in [-0.1, -0.05) is 64.7 Å². The molecule has 0 saturated heterocycles. The highest BCUT2D eigenvalue weighted by molar-refractivity contribution is 6.60. The quantitative estimate of drug-likeness (QED) is 0.250. The number of rotatable bonds is 17. The summed E-state index contributed by atoms with van der Waals surface area (Å²) in [7, 11) is -2.39. The van der Waals surface area contributed by atoms with Crippen LogP contribution in [-0.4, -0.2) is 28.6 Å². The van der Waals surface area contributed by atoms with E-state index in [1.165, 1.54) is 51.4 Å². The van der Waals surface area contributed by atoms with Gasteiger partial charge in [-0.15, -0.1) is 0 Å². The molecule has 0 aromatic heterocycles. The Morgan fingerprint density at radius 2 is 0.955 bits per heavy atom. The summed E-state index contributed by atoms with van der Waals surface area (Å²) in [5.74, 6) is 0. The lowest BCUT2D eigenvalue weighted by atomic mass is 10.1. The van der Waals surface area contributed by atoms with Gasteiger partial charge in [0.2, 0.25) is 0 Å². The minimum absolute atomic E-state index is 0.680. The molecule has 0 atom stereocenters.